The second-order valence-corrected chi connectivity index (χ2v) is 9.28. The van der Waals surface area contributed by atoms with Gasteiger partial charge in [-0.25, -0.2) is 13.4 Å². The number of rotatable bonds is 5. The van der Waals surface area contributed by atoms with Crippen molar-refractivity contribution in [3.8, 4) is 17.1 Å². The van der Waals surface area contributed by atoms with E-state index in [1.807, 2.05) is 79.7 Å². The van der Waals surface area contributed by atoms with Gasteiger partial charge in [0.2, 0.25) is 0 Å². The molecule has 6 heteroatoms. The van der Waals surface area contributed by atoms with E-state index in [4.69, 9.17) is 4.98 Å². The molecular formula is C26H21N3O2S. The number of imidazole rings is 1. The Morgan fingerprint density at radius 1 is 0.781 bits per heavy atom. The first kappa shape index (κ1) is 20.0. The third-order valence-electron chi connectivity index (χ3n) is 5.25. The van der Waals surface area contributed by atoms with E-state index in [0.29, 0.717) is 11.2 Å². The van der Waals surface area contributed by atoms with Crippen molar-refractivity contribution in [2.24, 2.45) is 0 Å². The summed E-state index contributed by atoms with van der Waals surface area (Å²) in [4.78, 5) is 5.10. The number of nitrogens with zero attached hydrogens (tertiary/aromatic N) is 2. The van der Waals surface area contributed by atoms with Crippen LogP contribution in [0.2, 0.25) is 0 Å². The molecule has 4 aromatic carbocycles. The van der Waals surface area contributed by atoms with Crippen LogP contribution in [0, 0.1) is 6.92 Å². The smallest absolute Gasteiger partial charge is 0.261 e. The van der Waals surface area contributed by atoms with Crippen LogP contribution < -0.4 is 4.72 Å². The number of para-hydroxylation sites is 1. The van der Waals surface area contributed by atoms with Crippen molar-refractivity contribution < 1.29 is 8.42 Å². The summed E-state index contributed by atoms with van der Waals surface area (Å²) in [5.41, 5.74) is 4.93. The minimum atomic E-state index is -3.70. The first-order valence-corrected chi connectivity index (χ1v) is 11.7. The van der Waals surface area contributed by atoms with Crippen LogP contribution in [0.1, 0.15) is 5.56 Å². The van der Waals surface area contributed by atoms with Crippen LogP contribution in [0.4, 0.5) is 5.69 Å². The molecule has 0 atom stereocenters. The van der Waals surface area contributed by atoms with Gasteiger partial charge in [0.05, 0.1) is 21.6 Å². The second kappa shape index (κ2) is 7.98. The number of hydrogen-bond donors (Lipinski definition) is 1. The summed E-state index contributed by atoms with van der Waals surface area (Å²) in [6, 6.07) is 32.2. The van der Waals surface area contributed by atoms with E-state index in [0.717, 1.165) is 28.2 Å². The zero-order valence-electron chi connectivity index (χ0n) is 17.4. The van der Waals surface area contributed by atoms with Gasteiger partial charge in [0, 0.05) is 11.3 Å². The first-order chi connectivity index (χ1) is 15.5. The maximum atomic E-state index is 12.9. The highest BCUT2D eigenvalue weighted by Crippen LogP contribution is 2.30. The molecule has 0 fully saturated rings. The maximum absolute atomic E-state index is 12.9. The predicted octanol–water partition coefficient (Wildman–Crippen LogP) is 5.80. The maximum Gasteiger partial charge on any atom is 0.261 e. The van der Waals surface area contributed by atoms with Gasteiger partial charge in [-0.3, -0.25) is 9.29 Å². The molecule has 5 aromatic rings. The zero-order chi connectivity index (χ0) is 22.1. The summed E-state index contributed by atoms with van der Waals surface area (Å²) in [5, 5.41) is 0. The van der Waals surface area contributed by atoms with Gasteiger partial charge in [-0.1, -0.05) is 60.7 Å². The molecule has 0 saturated heterocycles. The number of hydrogen-bond acceptors (Lipinski definition) is 3. The predicted molar refractivity (Wildman–Crippen MR) is 128 cm³/mol. The van der Waals surface area contributed by atoms with Crippen molar-refractivity contribution in [3.05, 3.63) is 109 Å². The molecule has 0 bridgehead atoms. The van der Waals surface area contributed by atoms with E-state index in [1.54, 1.807) is 30.3 Å². The molecule has 1 aromatic heterocycles. The summed E-state index contributed by atoms with van der Waals surface area (Å²) < 4.78 is 30.5. The van der Waals surface area contributed by atoms with Crippen molar-refractivity contribution in [2.75, 3.05) is 4.72 Å². The van der Waals surface area contributed by atoms with Crippen molar-refractivity contribution >= 4 is 26.7 Å². The SMILES string of the molecule is Cc1cccc(S(=O)(=O)Nc2ccc3c(c2)nc(-c2ccccc2)n3-c2ccccc2)c1. The number of benzene rings is 4. The Kier molecular flexibility index (Phi) is 4.99. The summed E-state index contributed by atoms with van der Waals surface area (Å²) in [5.74, 6) is 0.797. The molecule has 0 aliphatic carbocycles. The molecule has 32 heavy (non-hydrogen) atoms. The highest BCUT2D eigenvalue weighted by atomic mass is 32.2. The van der Waals surface area contributed by atoms with E-state index < -0.39 is 10.0 Å². The van der Waals surface area contributed by atoms with Gasteiger partial charge in [0.15, 0.2) is 0 Å². The Labute approximate surface area is 187 Å². The van der Waals surface area contributed by atoms with E-state index in [9.17, 15) is 8.42 Å². The van der Waals surface area contributed by atoms with Gasteiger partial charge in [-0.2, -0.15) is 0 Å². The topological polar surface area (TPSA) is 64.0 Å². The van der Waals surface area contributed by atoms with Gasteiger partial charge in [0.25, 0.3) is 10.0 Å². The van der Waals surface area contributed by atoms with Crippen LogP contribution in [0.25, 0.3) is 28.1 Å². The minimum Gasteiger partial charge on any atom is -0.292 e. The Hall–Kier alpha value is -3.90. The molecule has 0 aliphatic heterocycles. The van der Waals surface area contributed by atoms with E-state index in [2.05, 4.69) is 9.29 Å². The van der Waals surface area contributed by atoms with Gasteiger partial charge in [-0.05, 0) is 55.0 Å². The van der Waals surface area contributed by atoms with Gasteiger partial charge < -0.3 is 0 Å². The van der Waals surface area contributed by atoms with Crippen molar-refractivity contribution in [1.29, 1.82) is 0 Å². The molecule has 0 spiro atoms. The Balaban J connectivity index is 1.62. The molecular weight excluding hydrogens is 418 g/mol. The lowest BCUT2D eigenvalue weighted by Crippen LogP contribution is -2.13. The second-order valence-electron chi connectivity index (χ2n) is 7.60. The average Bonchev–Trinajstić information content (AvgIpc) is 3.19. The van der Waals surface area contributed by atoms with Crippen LogP contribution in [-0.2, 0) is 10.0 Å². The monoisotopic (exact) mass is 439 g/mol. The molecule has 0 amide bonds. The third kappa shape index (κ3) is 3.76. The number of nitrogens with one attached hydrogen (secondary N) is 1. The van der Waals surface area contributed by atoms with Gasteiger partial charge in [0.1, 0.15) is 5.82 Å². The summed E-state index contributed by atoms with van der Waals surface area (Å²) in [7, 11) is -3.70. The summed E-state index contributed by atoms with van der Waals surface area (Å²) >= 11 is 0. The van der Waals surface area contributed by atoms with Crippen molar-refractivity contribution in [2.45, 2.75) is 11.8 Å². The molecule has 158 valence electrons. The fraction of sp³-hybridized carbons (Fsp3) is 0.0385. The summed E-state index contributed by atoms with van der Waals surface area (Å²) in [6.45, 7) is 1.87. The Morgan fingerprint density at radius 3 is 2.22 bits per heavy atom. The normalized spacial score (nSPS) is 11.5. The van der Waals surface area contributed by atoms with Gasteiger partial charge >= 0.3 is 0 Å². The average molecular weight is 440 g/mol. The first-order valence-electron chi connectivity index (χ1n) is 10.2. The molecule has 1 heterocycles. The lowest BCUT2D eigenvalue weighted by molar-refractivity contribution is 0.601. The van der Waals surface area contributed by atoms with Crippen molar-refractivity contribution in [3.63, 3.8) is 0 Å². The largest absolute Gasteiger partial charge is 0.292 e. The highest BCUT2D eigenvalue weighted by Gasteiger charge is 2.17. The minimum absolute atomic E-state index is 0.234. The lowest BCUT2D eigenvalue weighted by Gasteiger charge is -2.10. The molecule has 0 radical (unpaired) electrons. The van der Waals surface area contributed by atoms with Crippen LogP contribution in [-0.4, -0.2) is 18.0 Å². The Morgan fingerprint density at radius 2 is 1.50 bits per heavy atom. The lowest BCUT2D eigenvalue weighted by atomic mass is 10.2. The molecule has 0 unspecified atom stereocenters. The number of aryl methyl sites for hydroxylation is 1. The van der Waals surface area contributed by atoms with Crippen LogP contribution in [0.15, 0.2) is 108 Å². The molecule has 1 N–H and O–H groups in total. The van der Waals surface area contributed by atoms with Gasteiger partial charge in [-0.15, -0.1) is 0 Å². The third-order valence-corrected chi connectivity index (χ3v) is 6.63. The van der Waals surface area contributed by atoms with E-state index in [1.165, 1.54) is 0 Å². The standard InChI is InChI=1S/C26H21N3O2S/c1-19-9-8-14-23(17-19)32(30,31)28-21-15-16-25-24(18-21)27-26(20-10-4-2-5-11-20)29(25)22-12-6-3-7-13-22/h2-18,28H,1H3. The number of fused-ring (bicyclic) bond motifs is 1. The van der Waals surface area contributed by atoms with Crippen LogP contribution in [0.3, 0.4) is 0 Å². The van der Waals surface area contributed by atoms with E-state index in [-0.39, 0.29) is 4.90 Å². The fourth-order valence-electron chi connectivity index (χ4n) is 3.76. The molecule has 0 aliphatic rings. The fourth-order valence-corrected chi connectivity index (χ4v) is 4.91. The Bertz CT molecular complexity index is 1510. The summed E-state index contributed by atoms with van der Waals surface area (Å²) in [6.07, 6.45) is 0. The molecule has 0 saturated carbocycles. The number of aromatic nitrogens is 2. The van der Waals surface area contributed by atoms with Crippen LogP contribution >= 0.6 is 0 Å². The highest BCUT2D eigenvalue weighted by molar-refractivity contribution is 7.92. The number of sulfonamides is 1. The quantitative estimate of drug-likeness (QED) is 0.376. The van der Waals surface area contributed by atoms with E-state index >= 15 is 0 Å². The molecule has 5 rings (SSSR count). The van der Waals surface area contributed by atoms with Crippen molar-refractivity contribution in [1.82, 2.24) is 9.55 Å². The zero-order valence-corrected chi connectivity index (χ0v) is 18.3. The molecule has 5 nitrogen and oxygen atoms in total. The van der Waals surface area contributed by atoms with Crippen LogP contribution in [0.5, 0.6) is 0 Å². The number of anilines is 1.